The highest BCUT2D eigenvalue weighted by atomic mass is 35.5. The Morgan fingerprint density at radius 3 is 2.17 bits per heavy atom. The van der Waals surface area contributed by atoms with Crippen molar-refractivity contribution in [3.8, 4) is 0 Å². The highest BCUT2D eigenvalue weighted by Gasteiger charge is 2.60. The van der Waals surface area contributed by atoms with Crippen LogP contribution in [0.4, 0.5) is 0 Å². The van der Waals surface area contributed by atoms with Gasteiger partial charge in [0.25, 0.3) is 0 Å². The van der Waals surface area contributed by atoms with Crippen LogP contribution in [-0.4, -0.2) is 30.9 Å². The summed E-state index contributed by atoms with van der Waals surface area (Å²) < 4.78 is 10.7. The number of Topliss-reactive ketones (excluding diaryl/α,β-unsaturated/α-hetero) is 1. The molecule has 3 rings (SSSR count). The van der Waals surface area contributed by atoms with E-state index in [-0.39, 0.29) is 31.0 Å². The van der Waals surface area contributed by atoms with Crippen LogP contribution < -0.4 is 0 Å². The summed E-state index contributed by atoms with van der Waals surface area (Å²) in [4.78, 5) is 39.7. The average molecular weight is 415 g/mol. The van der Waals surface area contributed by atoms with E-state index in [1.54, 1.807) is 26.0 Å². The highest BCUT2D eigenvalue weighted by Crippen LogP contribution is 2.49. The lowest BCUT2D eigenvalue weighted by Gasteiger charge is -2.40. The largest absolute Gasteiger partial charge is 0.465 e. The fraction of sp³-hybridized carbons (Fsp3) is 0.348. The number of halogens is 1. The zero-order chi connectivity index (χ0) is 21.2. The van der Waals surface area contributed by atoms with Gasteiger partial charge in [0, 0.05) is 22.9 Å². The normalized spacial score (nSPS) is 17.4. The number of hydrogen-bond donors (Lipinski definition) is 0. The lowest BCUT2D eigenvalue weighted by molar-refractivity contribution is -0.166. The number of fused-ring (bicyclic) bond motifs is 1. The Labute approximate surface area is 175 Å². The molecule has 1 atom stereocenters. The number of benzene rings is 2. The second-order valence-corrected chi connectivity index (χ2v) is 7.47. The summed E-state index contributed by atoms with van der Waals surface area (Å²) in [6.45, 7) is 5.46. The molecule has 0 bridgehead atoms. The summed E-state index contributed by atoms with van der Waals surface area (Å²) in [5.41, 5.74) is 0.436. The fourth-order valence-electron chi connectivity index (χ4n) is 3.97. The van der Waals surface area contributed by atoms with Gasteiger partial charge >= 0.3 is 11.9 Å². The molecule has 0 saturated heterocycles. The maximum absolute atomic E-state index is 13.4. The number of esters is 2. The van der Waals surface area contributed by atoms with Gasteiger partial charge in [-0.25, -0.2) is 0 Å². The van der Waals surface area contributed by atoms with E-state index in [9.17, 15) is 14.4 Å². The first-order valence-electron chi connectivity index (χ1n) is 9.60. The Hall–Kier alpha value is -2.66. The lowest BCUT2D eigenvalue weighted by Crippen LogP contribution is -2.54. The van der Waals surface area contributed by atoms with Crippen LogP contribution in [0, 0.1) is 6.92 Å². The van der Waals surface area contributed by atoms with E-state index in [2.05, 4.69) is 0 Å². The van der Waals surface area contributed by atoms with E-state index in [4.69, 9.17) is 21.1 Å². The van der Waals surface area contributed by atoms with Gasteiger partial charge in [-0.3, -0.25) is 14.4 Å². The summed E-state index contributed by atoms with van der Waals surface area (Å²) in [6, 6.07) is 12.1. The minimum Gasteiger partial charge on any atom is -0.465 e. The molecule has 0 amide bonds. The molecule has 29 heavy (non-hydrogen) atoms. The molecule has 1 aliphatic rings. The van der Waals surface area contributed by atoms with Gasteiger partial charge < -0.3 is 9.47 Å². The van der Waals surface area contributed by atoms with Gasteiger partial charge in [-0.1, -0.05) is 41.4 Å². The minimum absolute atomic E-state index is 0.0185. The third-order valence-corrected chi connectivity index (χ3v) is 5.53. The van der Waals surface area contributed by atoms with Crippen molar-refractivity contribution in [1.82, 2.24) is 0 Å². The molecule has 0 heterocycles. The Morgan fingerprint density at radius 2 is 1.62 bits per heavy atom. The SMILES string of the molecule is CCOC(=O)C1(C(=O)OCC)c2cc(Cl)ccc2C(=O)CC1c1ccc(C)cc1. The number of carbonyl (C=O) groups excluding carboxylic acids is 3. The van der Waals surface area contributed by atoms with Crippen LogP contribution in [0.1, 0.15) is 53.2 Å². The monoisotopic (exact) mass is 414 g/mol. The van der Waals surface area contributed by atoms with Crippen LogP contribution >= 0.6 is 11.6 Å². The topological polar surface area (TPSA) is 69.7 Å². The zero-order valence-corrected chi connectivity index (χ0v) is 17.4. The van der Waals surface area contributed by atoms with E-state index in [0.29, 0.717) is 16.1 Å². The van der Waals surface area contributed by atoms with E-state index < -0.39 is 23.3 Å². The van der Waals surface area contributed by atoms with E-state index in [1.807, 2.05) is 31.2 Å². The third-order valence-electron chi connectivity index (χ3n) is 5.29. The molecule has 6 heteroatoms. The van der Waals surface area contributed by atoms with Gasteiger partial charge in [-0.2, -0.15) is 0 Å². The minimum atomic E-state index is -1.81. The average Bonchev–Trinajstić information content (AvgIpc) is 2.68. The Kier molecular flexibility index (Phi) is 6.08. The summed E-state index contributed by atoms with van der Waals surface area (Å²) in [7, 11) is 0. The molecule has 0 aromatic heterocycles. The number of carbonyl (C=O) groups is 3. The maximum Gasteiger partial charge on any atom is 0.328 e. The molecule has 0 N–H and O–H groups in total. The molecule has 0 spiro atoms. The predicted molar refractivity (Wildman–Crippen MR) is 109 cm³/mol. The van der Waals surface area contributed by atoms with Crippen molar-refractivity contribution < 1.29 is 23.9 Å². The first-order chi connectivity index (χ1) is 13.9. The van der Waals surface area contributed by atoms with Crippen LogP contribution in [0.2, 0.25) is 5.02 Å². The molecule has 0 radical (unpaired) electrons. The Balaban J connectivity index is 2.36. The van der Waals surface area contributed by atoms with Crippen LogP contribution in [0.3, 0.4) is 0 Å². The summed E-state index contributed by atoms with van der Waals surface area (Å²) in [6.07, 6.45) is -0.0185. The van der Waals surface area contributed by atoms with Crippen molar-refractivity contribution in [3.63, 3.8) is 0 Å². The van der Waals surface area contributed by atoms with Gasteiger partial charge in [0.15, 0.2) is 11.2 Å². The first-order valence-corrected chi connectivity index (χ1v) is 9.98. The summed E-state index contributed by atoms with van der Waals surface area (Å²) in [5.74, 6) is -2.40. The molecule has 5 nitrogen and oxygen atoms in total. The van der Waals surface area contributed by atoms with Crippen LogP contribution in [0.5, 0.6) is 0 Å². The highest BCUT2D eigenvalue weighted by molar-refractivity contribution is 6.31. The zero-order valence-electron chi connectivity index (χ0n) is 16.7. The fourth-order valence-corrected chi connectivity index (χ4v) is 4.14. The third kappa shape index (κ3) is 3.55. The van der Waals surface area contributed by atoms with Gasteiger partial charge in [0.05, 0.1) is 13.2 Å². The molecule has 2 aromatic rings. The number of aryl methyl sites for hydroxylation is 1. The van der Waals surface area contributed by atoms with Crippen LogP contribution in [-0.2, 0) is 24.5 Å². The number of rotatable bonds is 5. The van der Waals surface area contributed by atoms with Gasteiger partial charge in [0.1, 0.15) is 0 Å². The van der Waals surface area contributed by atoms with Crippen molar-refractivity contribution in [1.29, 1.82) is 0 Å². The van der Waals surface area contributed by atoms with Crippen molar-refractivity contribution in [3.05, 3.63) is 69.7 Å². The van der Waals surface area contributed by atoms with Crippen LogP contribution in [0.25, 0.3) is 0 Å². The standard InChI is InChI=1S/C23H23ClO5/c1-4-28-21(26)23(22(27)29-5-2)18(15-8-6-14(3)7-9-15)13-20(25)17-11-10-16(24)12-19(17)23/h6-12,18H,4-5,13H2,1-3H3. The van der Waals surface area contributed by atoms with Crippen molar-refractivity contribution >= 4 is 29.3 Å². The first kappa shape index (κ1) is 21.1. The Bertz CT molecular complexity index is 930. The molecular weight excluding hydrogens is 392 g/mol. The smallest absolute Gasteiger partial charge is 0.328 e. The van der Waals surface area contributed by atoms with Gasteiger partial charge in [-0.05, 0) is 50.1 Å². The molecule has 1 aliphatic carbocycles. The van der Waals surface area contributed by atoms with Crippen molar-refractivity contribution in [2.75, 3.05) is 13.2 Å². The number of ether oxygens (including phenoxy) is 2. The predicted octanol–water partition coefficient (Wildman–Crippen LogP) is 4.38. The quantitative estimate of drug-likeness (QED) is 0.536. The summed E-state index contributed by atoms with van der Waals surface area (Å²) in [5, 5.41) is 0.319. The van der Waals surface area contributed by atoms with Crippen LogP contribution in [0.15, 0.2) is 42.5 Å². The number of hydrogen-bond acceptors (Lipinski definition) is 5. The van der Waals surface area contributed by atoms with Crippen molar-refractivity contribution in [2.24, 2.45) is 0 Å². The molecular formula is C23H23ClO5. The van der Waals surface area contributed by atoms with E-state index >= 15 is 0 Å². The van der Waals surface area contributed by atoms with E-state index in [0.717, 1.165) is 5.56 Å². The second kappa shape index (κ2) is 8.37. The second-order valence-electron chi connectivity index (χ2n) is 7.03. The molecule has 0 aliphatic heterocycles. The van der Waals surface area contributed by atoms with Crippen molar-refractivity contribution in [2.45, 2.75) is 38.5 Å². The Morgan fingerprint density at radius 1 is 1.03 bits per heavy atom. The molecule has 0 saturated carbocycles. The lowest BCUT2D eigenvalue weighted by atomic mass is 9.60. The molecule has 1 unspecified atom stereocenters. The van der Waals surface area contributed by atoms with E-state index in [1.165, 1.54) is 6.07 Å². The summed E-state index contributed by atoms with van der Waals surface area (Å²) >= 11 is 6.21. The van der Waals surface area contributed by atoms with Gasteiger partial charge in [0.2, 0.25) is 0 Å². The van der Waals surface area contributed by atoms with Gasteiger partial charge in [-0.15, -0.1) is 0 Å². The maximum atomic E-state index is 13.4. The number of ketones is 1. The molecule has 2 aromatic carbocycles. The molecule has 152 valence electrons. The molecule has 0 fully saturated rings.